The first-order valence-corrected chi connectivity index (χ1v) is 7.13. The number of ether oxygens (including phenoxy) is 1. The molecule has 6 heteroatoms. The summed E-state index contributed by atoms with van der Waals surface area (Å²) in [5.41, 5.74) is 1.84. The minimum absolute atomic E-state index is 0.0138. The first-order valence-electron chi connectivity index (χ1n) is 7.13. The van der Waals surface area contributed by atoms with Gasteiger partial charge in [-0.15, -0.1) is 0 Å². The van der Waals surface area contributed by atoms with Gasteiger partial charge in [0.05, 0.1) is 5.69 Å². The number of cyclic esters (lactones) is 1. The molecule has 1 saturated heterocycles. The Hall–Kier alpha value is -1.69. The van der Waals surface area contributed by atoms with Crippen LogP contribution in [0.25, 0.3) is 0 Å². The van der Waals surface area contributed by atoms with Crippen molar-refractivity contribution in [3.8, 4) is 0 Å². The van der Waals surface area contributed by atoms with E-state index in [1.807, 2.05) is 13.8 Å². The summed E-state index contributed by atoms with van der Waals surface area (Å²) in [5, 5.41) is 4.39. The quantitative estimate of drug-likeness (QED) is 0.729. The fourth-order valence-electron chi connectivity index (χ4n) is 2.99. The molecule has 20 heavy (non-hydrogen) atoms. The van der Waals surface area contributed by atoms with Crippen molar-refractivity contribution in [2.45, 2.75) is 51.9 Å². The highest BCUT2D eigenvalue weighted by molar-refractivity contribution is 5.78. The highest BCUT2D eigenvalue weighted by atomic mass is 16.6. The van der Waals surface area contributed by atoms with Crippen LogP contribution in [0.1, 0.15) is 31.5 Å². The highest BCUT2D eigenvalue weighted by Crippen LogP contribution is 2.25. The number of aromatic nitrogens is 2. The van der Waals surface area contributed by atoms with E-state index in [2.05, 4.69) is 10.00 Å². The van der Waals surface area contributed by atoms with Gasteiger partial charge in [0, 0.05) is 38.5 Å². The number of aryl methyl sites for hydroxylation is 1. The number of carbonyl (C=O) groups is 1. The van der Waals surface area contributed by atoms with Crippen LogP contribution >= 0.6 is 0 Å². The van der Waals surface area contributed by atoms with Crippen molar-refractivity contribution in [2.75, 3.05) is 6.54 Å². The molecule has 0 amide bonds. The molecule has 6 nitrogen and oxygen atoms in total. The maximum absolute atomic E-state index is 11.9. The molecule has 0 radical (unpaired) electrons. The SMILES string of the molecule is CCn1nc2c(cc1=O)CN([C@H]1C[C@@H](C)OC1=O)CC2. The van der Waals surface area contributed by atoms with Gasteiger partial charge in [-0.05, 0) is 19.4 Å². The van der Waals surface area contributed by atoms with Crippen LogP contribution in [-0.2, 0) is 29.0 Å². The molecule has 1 aromatic rings. The van der Waals surface area contributed by atoms with E-state index in [-0.39, 0.29) is 23.7 Å². The summed E-state index contributed by atoms with van der Waals surface area (Å²) in [6.07, 6.45) is 1.49. The number of carbonyl (C=O) groups excluding carboxylic acids is 1. The number of hydrogen-bond acceptors (Lipinski definition) is 5. The van der Waals surface area contributed by atoms with Crippen molar-refractivity contribution < 1.29 is 9.53 Å². The Morgan fingerprint density at radius 2 is 2.25 bits per heavy atom. The number of hydrogen-bond donors (Lipinski definition) is 0. The molecule has 2 aliphatic heterocycles. The molecule has 0 N–H and O–H groups in total. The summed E-state index contributed by atoms with van der Waals surface area (Å²) < 4.78 is 6.70. The Bertz CT molecular complexity index is 596. The fraction of sp³-hybridized carbons (Fsp3) is 0.643. The molecule has 2 aliphatic rings. The summed E-state index contributed by atoms with van der Waals surface area (Å²) in [5.74, 6) is -0.143. The largest absolute Gasteiger partial charge is 0.461 e. The molecule has 1 aromatic heterocycles. The number of esters is 1. The van der Waals surface area contributed by atoms with Gasteiger partial charge in [-0.2, -0.15) is 5.10 Å². The lowest BCUT2D eigenvalue weighted by Crippen LogP contribution is -2.43. The third-order valence-corrected chi connectivity index (χ3v) is 4.06. The predicted molar refractivity (Wildman–Crippen MR) is 72.2 cm³/mol. The Morgan fingerprint density at radius 1 is 1.45 bits per heavy atom. The lowest BCUT2D eigenvalue weighted by Gasteiger charge is -2.30. The number of fused-ring (bicyclic) bond motifs is 1. The maximum atomic E-state index is 11.9. The molecule has 0 aromatic carbocycles. The predicted octanol–water partition coefficient (Wildman–Crippen LogP) is 0.325. The molecular weight excluding hydrogens is 258 g/mol. The van der Waals surface area contributed by atoms with Crippen LogP contribution in [0.4, 0.5) is 0 Å². The zero-order chi connectivity index (χ0) is 14.3. The minimum atomic E-state index is -0.174. The molecule has 0 saturated carbocycles. The Morgan fingerprint density at radius 3 is 2.90 bits per heavy atom. The van der Waals surface area contributed by atoms with E-state index in [0.29, 0.717) is 13.1 Å². The first-order chi connectivity index (χ1) is 9.58. The van der Waals surface area contributed by atoms with Gasteiger partial charge in [0.15, 0.2) is 0 Å². The summed E-state index contributed by atoms with van der Waals surface area (Å²) in [4.78, 5) is 25.8. The Balaban J connectivity index is 1.84. The van der Waals surface area contributed by atoms with Crippen LogP contribution in [-0.4, -0.2) is 39.3 Å². The van der Waals surface area contributed by atoms with E-state index >= 15 is 0 Å². The number of rotatable bonds is 2. The number of nitrogens with zero attached hydrogens (tertiary/aromatic N) is 3. The zero-order valence-corrected chi connectivity index (χ0v) is 11.8. The summed E-state index contributed by atoms with van der Waals surface area (Å²) >= 11 is 0. The van der Waals surface area contributed by atoms with Crippen LogP contribution < -0.4 is 5.56 Å². The van der Waals surface area contributed by atoms with E-state index in [9.17, 15) is 9.59 Å². The van der Waals surface area contributed by atoms with Gasteiger partial charge >= 0.3 is 5.97 Å². The van der Waals surface area contributed by atoms with E-state index in [1.54, 1.807) is 6.07 Å². The van der Waals surface area contributed by atoms with Gasteiger partial charge in [-0.3, -0.25) is 14.5 Å². The molecule has 2 atom stereocenters. The van der Waals surface area contributed by atoms with Crippen LogP contribution in [0.15, 0.2) is 10.9 Å². The van der Waals surface area contributed by atoms with E-state index in [0.717, 1.165) is 30.6 Å². The van der Waals surface area contributed by atoms with Gasteiger partial charge in [0.1, 0.15) is 12.1 Å². The second kappa shape index (κ2) is 5.01. The van der Waals surface area contributed by atoms with Crippen molar-refractivity contribution >= 4 is 5.97 Å². The zero-order valence-electron chi connectivity index (χ0n) is 11.8. The Kier molecular flexibility index (Phi) is 3.33. The fourth-order valence-corrected chi connectivity index (χ4v) is 2.99. The van der Waals surface area contributed by atoms with E-state index < -0.39 is 0 Å². The smallest absolute Gasteiger partial charge is 0.323 e. The maximum Gasteiger partial charge on any atom is 0.323 e. The van der Waals surface area contributed by atoms with Gasteiger partial charge < -0.3 is 4.74 Å². The third-order valence-electron chi connectivity index (χ3n) is 4.06. The molecule has 0 unspecified atom stereocenters. The molecule has 1 fully saturated rings. The molecule has 3 rings (SSSR count). The van der Waals surface area contributed by atoms with Gasteiger partial charge in [-0.25, -0.2) is 4.68 Å². The van der Waals surface area contributed by atoms with Gasteiger partial charge in [0.25, 0.3) is 5.56 Å². The second-order valence-electron chi connectivity index (χ2n) is 5.49. The molecule has 0 aliphatic carbocycles. The summed E-state index contributed by atoms with van der Waals surface area (Å²) in [6, 6.07) is 1.48. The van der Waals surface area contributed by atoms with Crippen LogP contribution in [0.2, 0.25) is 0 Å². The molecular formula is C14H19N3O3. The third kappa shape index (κ3) is 2.24. The lowest BCUT2D eigenvalue weighted by atomic mass is 10.0. The Labute approximate surface area is 117 Å². The average Bonchev–Trinajstić information content (AvgIpc) is 2.76. The molecule has 0 bridgehead atoms. The van der Waals surface area contributed by atoms with Crippen LogP contribution in [0.3, 0.4) is 0 Å². The highest BCUT2D eigenvalue weighted by Gasteiger charge is 2.37. The van der Waals surface area contributed by atoms with E-state index in [1.165, 1.54) is 4.68 Å². The van der Waals surface area contributed by atoms with Crippen LogP contribution in [0, 0.1) is 0 Å². The topological polar surface area (TPSA) is 64.4 Å². The van der Waals surface area contributed by atoms with Crippen molar-refractivity contribution in [2.24, 2.45) is 0 Å². The monoisotopic (exact) mass is 277 g/mol. The summed E-state index contributed by atoms with van der Waals surface area (Å²) in [7, 11) is 0. The normalized spacial score (nSPS) is 26.4. The van der Waals surface area contributed by atoms with Crippen LogP contribution in [0.5, 0.6) is 0 Å². The lowest BCUT2D eigenvalue weighted by molar-refractivity contribution is -0.145. The average molecular weight is 277 g/mol. The van der Waals surface area contributed by atoms with Crippen molar-refractivity contribution in [1.29, 1.82) is 0 Å². The molecule has 108 valence electrons. The molecule has 0 spiro atoms. The minimum Gasteiger partial charge on any atom is -0.461 e. The summed E-state index contributed by atoms with van der Waals surface area (Å²) in [6.45, 7) is 5.80. The molecule has 3 heterocycles. The van der Waals surface area contributed by atoms with Gasteiger partial charge in [0.2, 0.25) is 0 Å². The van der Waals surface area contributed by atoms with E-state index in [4.69, 9.17) is 4.74 Å². The van der Waals surface area contributed by atoms with Gasteiger partial charge in [-0.1, -0.05) is 0 Å². The van der Waals surface area contributed by atoms with Crippen molar-refractivity contribution in [3.63, 3.8) is 0 Å². The second-order valence-corrected chi connectivity index (χ2v) is 5.49. The van der Waals surface area contributed by atoms with Crippen molar-refractivity contribution in [1.82, 2.24) is 14.7 Å². The first kappa shape index (κ1) is 13.3. The van der Waals surface area contributed by atoms with Crippen molar-refractivity contribution in [3.05, 3.63) is 27.7 Å². The standard InChI is InChI=1S/C14H19N3O3/c1-3-17-13(18)7-10-8-16(5-4-11(10)15-17)12-6-9(2)20-14(12)19/h7,9,12H,3-6,8H2,1-2H3/t9-,12+/m1/s1.